The topological polar surface area (TPSA) is 78.6 Å². The molecule has 0 amide bonds. The quantitative estimate of drug-likeness (QED) is 0.826. The smallest absolute Gasteiger partial charge is 0.179 e. The summed E-state index contributed by atoms with van der Waals surface area (Å²) in [5, 5.41) is 0.383. The number of halogens is 1. The van der Waals surface area contributed by atoms with Crippen molar-refractivity contribution in [2.24, 2.45) is 5.73 Å². The SMILES string of the molecule is COc1cc(CC(C)N)cc(Cl)c1OCCS(C)(=O)=O. The summed E-state index contributed by atoms with van der Waals surface area (Å²) in [5.41, 5.74) is 6.69. The van der Waals surface area contributed by atoms with Crippen LogP contribution in [0.25, 0.3) is 0 Å². The fraction of sp³-hybridized carbons (Fsp3) is 0.538. The number of sulfone groups is 1. The third-order valence-corrected chi connectivity index (χ3v) is 3.74. The number of ether oxygens (including phenoxy) is 2. The van der Waals surface area contributed by atoms with Gasteiger partial charge in [-0.15, -0.1) is 0 Å². The maximum atomic E-state index is 11.1. The summed E-state index contributed by atoms with van der Waals surface area (Å²) in [6.45, 7) is 1.93. The number of methoxy groups -OCH3 is 1. The molecule has 0 spiro atoms. The van der Waals surface area contributed by atoms with Crippen molar-refractivity contribution in [2.45, 2.75) is 19.4 Å². The lowest BCUT2D eigenvalue weighted by Gasteiger charge is -2.14. The minimum Gasteiger partial charge on any atom is -0.493 e. The number of benzene rings is 1. The number of hydrogen-bond acceptors (Lipinski definition) is 5. The van der Waals surface area contributed by atoms with Gasteiger partial charge in [-0.25, -0.2) is 8.42 Å². The molecule has 1 aromatic carbocycles. The van der Waals surface area contributed by atoms with E-state index in [-0.39, 0.29) is 18.4 Å². The third kappa shape index (κ3) is 5.56. The van der Waals surface area contributed by atoms with Gasteiger partial charge in [0, 0.05) is 12.3 Å². The first-order chi connectivity index (χ1) is 9.23. The van der Waals surface area contributed by atoms with Gasteiger partial charge >= 0.3 is 0 Å². The van der Waals surface area contributed by atoms with Crippen LogP contribution in [0.3, 0.4) is 0 Å². The average Bonchev–Trinajstić information content (AvgIpc) is 2.29. The molecule has 0 bridgehead atoms. The zero-order valence-electron chi connectivity index (χ0n) is 11.8. The Kier molecular flexibility index (Phi) is 6.10. The highest BCUT2D eigenvalue weighted by Gasteiger charge is 2.14. The summed E-state index contributed by atoms with van der Waals surface area (Å²) in [4.78, 5) is 0. The molecule has 2 N–H and O–H groups in total. The molecule has 0 aliphatic carbocycles. The predicted molar refractivity (Wildman–Crippen MR) is 80.6 cm³/mol. The fourth-order valence-corrected chi connectivity index (χ4v) is 2.37. The lowest BCUT2D eigenvalue weighted by atomic mass is 10.1. The zero-order chi connectivity index (χ0) is 15.3. The van der Waals surface area contributed by atoms with E-state index in [0.717, 1.165) is 11.8 Å². The van der Waals surface area contributed by atoms with E-state index in [2.05, 4.69) is 0 Å². The number of hydrogen-bond donors (Lipinski definition) is 1. The van der Waals surface area contributed by atoms with Crippen molar-refractivity contribution in [3.05, 3.63) is 22.7 Å². The molecule has 20 heavy (non-hydrogen) atoms. The highest BCUT2D eigenvalue weighted by Crippen LogP contribution is 2.36. The van der Waals surface area contributed by atoms with E-state index in [1.165, 1.54) is 7.11 Å². The van der Waals surface area contributed by atoms with E-state index in [4.69, 9.17) is 26.8 Å². The van der Waals surface area contributed by atoms with Crippen LogP contribution in [-0.4, -0.2) is 40.2 Å². The van der Waals surface area contributed by atoms with Crippen LogP contribution in [0, 0.1) is 0 Å². The summed E-state index contributed by atoms with van der Waals surface area (Å²) in [6, 6.07) is 3.56. The maximum absolute atomic E-state index is 11.1. The minimum atomic E-state index is -3.08. The van der Waals surface area contributed by atoms with Gasteiger partial charge in [0.15, 0.2) is 21.3 Å². The molecule has 0 aliphatic heterocycles. The second-order valence-corrected chi connectivity index (χ2v) is 7.44. The molecule has 1 aromatic rings. The lowest BCUT2D eigenvalue weighted by Crippen LogP contribution is -2.18. The van der Waals surface area contributed by atoms with Gasteiger partial charge in [-0.3, -0.25) is 0 Å². The highest BCUT2D eigenvalue weighted by atomic mass is 35.5. The van der Waals surface area contributed by atoms with Gasteiger partial charge in [-0.1, -0.05) is 11.6 Å². The van der Waals surface area contributed by atoms with Gasteiger partial charge < -0.3 is 15.2 Å². The molecule has 1 atom stereocenters. The highest BCUT2D eigenvalue weighted by molar-refractivity contribution is 7.90. The van der Waals surface area contributed by atoms with Gasteiger partial charge in [0.2, 0.25) is 0 Å². The van der Waals surface area contributed by atoms with Crippen LogP contribution in [-0.2, 0) is 16.3 Å². The Morgan fingerprint density at radius 3 is 2.55 bits per heavy atom. The van der Waals surface area contributed by atoms with E-state index in [1.807, 2.05) is 6.92 Å². The molecule has 1 rings (SSSR count). The fourth-order valence-electron chi connectivity index (χ4n) is 1.70. The number of rotatable bonds is 7. The Hall–Kier alpha value is -0.980. The van der Waals surface area contributed by atoms with E-state index in [1.54, 1.807) is 12.1 Å². The first-order valence-corrected chi connectivity index (χ1v) is 8.59. The third-order valence-electron chi connectivity index (χ3n) is 2.55. The molecular weight excluding hydrogens is 302 g/mol. The molecule has 7 heteroatoms. The monoisotopic (exact) mass is 321 g/mol. The maximum Gasteiger partial charge on any atom is 0.179 e. The standard InChI is InChI=1S/C13H20ClNO4S/c1-9(15)6-10-7-11(14)13(12(8-10)18-2)19-4-5-20(3,16)17/h7-9H,4-6,15H2,1-3H3. The first-order valence-electron chi connectivity index (χ1n) is 6.15. The second-order valence-electron chi connectivity index (χ2n) is 4.77. The molecule has 0 saturated heterocycles. The summed E-state index contributed by atoms with van der Waals surface area (Å²) in [5.74, 6) is 0.751. The van der Waals surface area contributed by atoms with Crippen molar-refractivity contribution < 1.29 is 17.9 Å². The molecule has 0 saturated carbocycles. The lowest BCUT2D eigenvalue weighted by molar-refractivity contribution is 0.311. The van der Waals surface area contributed by atoms with E-state index in [9.17, 15) is 8.42 Å². The van der Waals surface area contributed by atoms with Gasteiger partial charge in [-0.05, 0) is 31.0 Å². The Labute approximate surface area is 124 Å². The van der Waals surface area contributed by atoms with Crippen molar-refractivity contribution in [2.75, 3.05) is 25.7 Å². The van der Waals surface area contributed by atoms with Crippen LogP contribution in [0.15, 0.2) is 12.1 Å². The van der Waals surface area contributed by atoms with Crippen molar-refractivity contribution in [3.8, 4) is 11.5 Å². The molecule has 0 aromatic heterocycles. The van der Waals surface area contributed by atoms with Crippen molar-refractivity contribution >= 4 is 21.4 Å². The van der Waals surface area contributed by atoms with Gasteiger partial charge in [-0.2, -0.15) is 0 Å². The van der Waals surface area contributed by atoms with Gasteiger partial charge in [0.25, 0.3) is 0 Å². The molecule has 0 aliphatic rings. The molecule has 1 unspecified atom stereocenters. The molecular formula is C13H20ClNO4S. The Morgan fingerprint density at radius 1 is 1.40 bits per heavy atom. The van der Waals surface area contributed by atoms with Crippen LogP contribution < -0.4 is 15.2 Å². The Morgan fingerprint density at radius 2 is 2.05 bits per heavy atom. The largest absolute Gasteiger partial charge is 0.493 e. The minimum absolute atomic E-state index is 0.00720. The zero-order valence-corrected chi connectivity index (χ0v) is 13.4. The summed E-state index contributed by atoms with van der Waals surface area (Å²) in [7, 11) is -1.57. The van der Waals surface area contributed by atoms with Crippen LogP contribution in [0.5, 0.6) is 11.5 Å². The summed E-state index contributed by atoms with van der Waals surface area (Å²) >= 11 is 6.15. The van der Waals surface area contributed by atoms with E-state index < -0.39 is 9.84 Å². The molecule has 5 nitrogen and oxygen atoms in total. The number of nitrogens with two attached hydrogens (primary N) is 1. The van der Waals surface area contributed by atoms with Crippen molar-refractivity contribution in [3.63, 3.8) is 0 Å². The Balaban J connectivity index is 2.90. The van der Waals surface area contributed by atoms with Crippen LogP contribution in [0.1, 0.15) is 12.5 Å². The molecule has 0 heterocycles. The van der Waals surface area contributed by atoms with Crippen LogP contribution in [0.4, 0.5) is 0 Å². The first kappa shape index (κ1) is 17.1. The average molecular weight is 322 g/mol. The predicted octanol–water partition coefficient (Wildman–Crippen LogP) is 1.66. The Bertz CT molecular complexity index is 558. The summed E-state index contributed by atoms with van der Waals surface area (Å²) in [6.07, 6.45) is 1.82. The normalized spacial score (nSPS) is 13.1. The second kappa shape index (κ2) is 7.15. The van der Waals surface area contributed by atoms with Gasteiger partial charge in [0.05, 0.1) is 17.9 Å². The summed E-state index contributed by atoms with van der Waals surface area (Å²) < 4.78 is 32.8. The van der Waals surface area contributed by atoms with Crippen molar-refractivity contribution in [1.82, 2.24) is 0 Å². The van der Waals surface area contributed by atoms with Crippen molar-refractivity contribution in [1.29, 1.82) is 0 Å². The molecule has 0 fully saturated rings. The van der Waals surface area contributed by atoms with Crippen LogP contribution in [0.2, 0.25) is 5.02 Å². The molecule has 0 radical (unpaired) electrons. The van der Waals surface area contributed by atoms with E-state index in [0.29, 0.717) is 22.9 Å². The van der Waals surface area contributed by atoms with Crippen LogP contribution >= 0.6 is 11.6 Å². The van der Waals surface area contributed by atoms with E-state index >= 15 is 0 Å². The molecule has 114 valence electrons. The van der Waals surface area contributed by atoms with Gasteiger partial charge in [0.1, 0.15) is 6.61 Å².